The second-order valence-corrected chi connectivity index (χ2v) is 6.27. The molecule has 10 heteroatoms. The summed E-state index contributed by atoms with van der Waals surface area (Å²) in [4.78, 5) is 27.8. The highest BCUT2D eigenvalue weighted by Gasteiger charge is 2.23. The summed E-state index contributed by atoms with van der Waals surface area (Å²) in [7, 11) is 0. The van der Waals surface area contributed by atoms with Crippen molar-refractivity contribution in [1.29, 1.82) is 0 Å². The van der Waals surface area contributed by atoms with Crippen LogP contribution in [-0.2, 0) is 0 Å². The number of carbonyl (C=O) groups is 1. The van der Waals surface area contributed by atoms with Crippen LogP contribution in [-0.4, -0.2) is 37.1 Å². The molecule has 8 nitrogen and oxygen atoms in total. The average molecular weight is 386 g/mol. The summed E-state index contributed by atoms with van der Waals surface area (Å²) >= 11 is 0. The molecule has 2 aliphatic rings. The molecule has 2 aliphatic heterocycles. The second kappa shape index (κ2) is 6.87. The first-order valence-corrected chi connectivity index (χ1v) is 8.73. The number of benzene rings is 1. The summed E-state index contributed by atoms with van der Waals surface area (Å²) in [5, 5.41) is 11.4. The molecule has 0 radical (unpaired) electrons. The van der Waals surface area contributed by atoms with Crippen molar-refractivity contribution < 1.29 is 13.6 Å². The zero-order valence-corrected chi connectivity index (χ0v) is 14.9. The molecular weight excluding hydrogens is 370 g/mol. The van der Waals surface area contributed by atoms with Gasteiger partial charge >= 0.3 is 6.03 Å². The fourth-order valence-corrected chi connectivity index (χ4v) is 2.96. The fourth-order valence-electron chi connectivity index (χ4n) is 2.96. The van der Waals surface area contributed by atoms with Gasteiger partial charge in [0.05, 0.1) is 17.1 Å². The van der Waals surface area contributed by atoms with Gasteiger partial charge in [-0.05, 0) is 18.6 Å². The van der Waals surface area contributed by atoms with E-state index >= 15 is 0 Å². The first-order valence-electron chi connectivity index (χ1n) is 8.73. The van der Waals surface area contributed by atoms with E-state index in [-0.39, 0.29) is 16.9 Å². The molecule has 28 heavy (non-hydrogen) atoms. The Balaban J connectivity index is 1.82. The van der Waals surface area contributed by atoms with Gasteiger partial charge in [0, 0.05) is 18.8 Å². The highest BCUT2D eigenvalue weighted by molar-refractivity contribution is 5.95. The lowest BCUT2D eigenvalue weighted by Gasteiger charge is -2.05. The van der Waals surface area contributed by atoms with Gasteiger partial charge in [-0.25, -0.2) is 13.6 Å². The third-order valence-electron chi connectivity index (χ3n) is 4.39. The van der Waals surface area contributed by atoms with Gasteiger partial charge in [0.15, 0.2) is 5.82 Å². The van der Waals surface area contributed by atoms with E-state index in [1.807, 2.05) is 6.92 Å². The number of amides is 1. The van der Waals surface area contributed by atoms with E-state index < -0.39 is 23.2 Å². The summed E-state index contributed by atoms with van der Waals surface area (Å²) in [5.74, 6) is -1.66. The number of rotatable bonds is 4. The monoisotopic (exact) mass is 386 g/mol. The lowest BCUT2D eigenvalue weighted by molar-refractivity contribution is 0.240. The Kier molecular flexibility index (Phi) is 4.38. The van der Waals surface area contributed by atoms with Gasteiger partial charge in [-0.3, -0.25) is 4.79 Å². The number of carbonyl (C=O) groups excluding carboxylic acids is 1. The van der Waals surface area contributed by atoms with Gasteiger partial charge in [0.2, 0.25) is 0 Å². The van der Waals surface area contributed by atoms with Gasteiger partial charge in [-0.15, -0.1) is 0 Å². The molecule has 1 amide bonds. The van der Waals surface area contributed by atoms with E-state index in [2.05, 4.69) is 20.5 Å². The van der Waals surface area contributed by atoms with E-state index in [1.54, 1.807) is 0 Å². The fraction of sp³-hybridized carbons (Fsp3) is 0.222. The first-order chi connectivity index (χ1) is 13.5. The lowest BCUT2D eigenvalue weighted by atomic mass is 10.2. The number of fused-ring (bicyclic) bond motifs is 3. The number of hydrogen-bond acceptors (Lipinski definition) is 4. The smallest absolute Gasteiger partial charge is 0.344 e. The minimum absolute atomic E-state index is 0.166. The van der Waals surface area contributed by atoms with Crippen molar-refractivity contribution in [3.63, 3.8) is 0 Å². The molecule has 0 fully saturated rings. The van der Waals surface area contributed by atoms with Gasteiger partial charge in [0.1, 0.15) is 22.8 Å². The Hall–Kier alpha value is -3.56. The molecule has 0 atom stereocenters. The molecule has 0 bridgehead atoms. The Morgan fingerprint density at radius 1 is 1.32 bits per heavy atom. The largest absolute Gasteiger partial charge is 0.345 e. The number of halogens is 2. The number of H-pyrrole nitrogens is 1. The van der Waals surface area contributed by atoms with Crippen molar-refractivity contribution in [2.24, 2.45) is 0 Å². The standard InChI is InChI=1S/C18H16F2N6O2/c1-2-3-6-21-18(28)26-16-11(9-23-26)15-12(8-22-16)17(27)25(24-15)14-5-4-10(19)7-13(14)20/h4-5,7-9,22H,2-3,6H2,1H3,(H,21,28). The Labute approximate surface area is 157 Å². The summed E-state index contributed by atoms with van der Waals surface area (Å²) in [6, 6.07) is 2.46. The van der Waals surface area contributed by atoms with Crippen molar-refractivity contribution >= 4 is 17.1 Å². The van der Waals surface area contributed by atoms with E-state index in [0.717, 1.165) is 34.3 Å². The van der Waals surface area contributed by atoms with E-state index in [9.17, 15) is 18.4 Å². The normalized spacial score (nSPS) is 11.4. The maximum absolute atomic E-state index is 14.1. The van der Waals surface area contributed by atoms with Crippen molar-refractivity contribution in [2.45, 2.75) is 19.8 Å². The van der Waals surface area contributed by atoms with Crippen LogP contribution in [0.5, 0.6) is 0 Å². The zero-order valence-electron chi connectivity index (χ0n) is 14.9. The molecule has 1 aromatic carbocycles. The van der Waals surface area contributed by atoms with E-state index in [0.29, 0.717) is 23.6 Å². The van der Waals surface area contributed by atoms with E-state index in [1.165, 1.54) is 12.4 Å². The van der Waals surface area contributed by atoms with Crippen LogP contribution in [0.15, 0.2) is 35.4 Å². The lowest BCUT2D eigenvalue weighted by Crippen LogP contribution is -2.30. The third-order valence-corrected chi connectivity index (χ3v) is 4.39. The Morgan fingerprint density at radius 3 is 2.89 bits per heavy atom. The van der Waals surface area contributed by atoms with Crippen LogP contribution in [0.3, 0.4) is 0 Å². The highest BCUT2D eigenvalue weighted by atomic mass is 19.1. The van der Waals surface area contributed by atoms with E-state index in [4.69, 9.17) is 0 Å². The van der Waals surface area contributed by atoms with Gasteiger partial charge in [0.25, 0.3) is 5.56 Å². The Bertz CT molecular complexity index is 1210. The SMILES string of the molecule is CCCCNC(=O)n1ncc2c3nn(-c4ccc(F)cc4F)c(=O)c-3c[nH]c21. The summed E-state index contributed by atoms with van der Waals surface area (Å²) in [5.41, 5.74) is 0.0715. The summed E-state index contributed by atoms with van der Waals surface area (Å²) < 4.78 is 29.3. The number of unbranched alkanes of at least 4 members (excludes halogenated alkanes) is 1. The number of pyridine rings is 1. The first kappa shape index (κ1) is 17.8. The maximum atomic E-state index is 14.1. The predicted octanol–water partition coefficient (Wildman–Crippen LogP) is 2.65. The molecule has 144 valence electrons. The van der Waals surface area contributed by atoms with Gasteiger partial charge in [-0.1, -0.05) is 13.3 Å². The average Bonchev–Trinajstić information content (AvgIpc) is 3.24. The van der Waals surface area contributed by atoms with Gasteiger partial charge in [-0.2, -0.15) is 19.6 Å². The minimum atomic E-state index is -0.906. The molecule has 0 spiro atoms. The number of aromatic amines is 1. The summed E-state index contributed by atoms with van der Waals surface area (Å²) in [6.45, 7) is 2.53. The molecule has 2 aromatic rings. The van der Waals surface area contributed by atoms with Crippen molar-refractivity contribution in [3.8, 4) is 16.9 Å². The molecule has 4 rings (SSSR count). The molecule has 0 saturated heterocycles. The van der Waals surface area contributed by atoms with Crippen LogP contribution in [0.25, 0.3) is 28.0 Å². The van der Waals surface area contributed by atoms with Crippen LogP contribution in [0.4, 0.5) is 13.6 Å². The number of hydrogen-bond donors (Lipinski definition) is 2. The zero-order chi connectivity index (χ0) is 19.8. The van der Waals surface area contributed by atoms with Crippen LogP contribution in [0.1, 0.15) is 19.8 Å². The molecule has 3 heterocycles. The molecule has 0 saturated carbocycles. The second-order valence-electron chi connectivity index (χ2n) is 6.27. The van der Waals surface area contributed by atoms with Crippen molar-refractivity contribution in [2.75, 3.05) is 6.54 Å². The van der Waals surface area contributed by atoms with Crippen LogP contribution in [0, 0.1) is 11.6 Å². The molecular formula is C18H16F2N6O2. The molecule has 0 aliphatic carbocycles. The number of aromatic nitrogens is 5. The van der Waals surface area contributed by atoms with Crippen LogP contribution < -0.4 is 10.9 Å². The Morgan fingerprint density at radius 2 is 2.14 bits per heavy atom. The van der Waals surface area contributed by atoms with Crippen LogP contribution in [0.2, 0.25) is 0 Å². The predicted molar refractivity (Wildman–Crippen MR) is 97.7 cm³/mol. The summed E-state index contributed by atoms with van der Waals surface area (Å²) in [6.07, 6.45) is 4.58. The number of nitrogens with zero attached hydrogens (tertiary/aromatic N) is 4. The maximum Gasteiger partial charge on any atom is 0.344 e. The van der Waals surface area contributed by atoms with Crippen molar-refractivity contribution in [3.05, 3.63) is 52.6 Å². The number of nitrogens with one attached hydrogen (secondary N) is 2. The molecule has 2 N–H and O–H groups in total. The topological polar surface area (TPSA) is 97.6 Å². The minimum Gasteiger partial charge on any atom is -0.345 e. The van der Waals surface area contributed by atoms with Crippen LogP contribution >= 0.6 is 0 Å². The quantitative estimate of drug-likeness (QED) is 0.527. The van der Waals surface area contributed by atoms with Gasteiger partial charge < -0.3 is 10.3 Å². The third kappa shape index (κ3) is 2.82. The highest BCUT2D eigenvalue weighted by Crippen LogP contribution is 2.26. The molecule has 0 unspecified atom stereocenters. The molecule has 1 aromatic heterocycles. The van der Waals surface area contributed by atoms with Crippen molar-refractivity contribution in [1.82, 2.24) is 29.9 Å².